The monoisotopic (exact) mass is 328 g/mol. The number of nitrogens with zero attached hydrogens (tertiary/aromatic N) is 2. The Hall–Kier alpha value is -2.05. The van der Waals surface area contributed by atoms with Crippen molar-refractivity contribution >= 4 is 23.2 Å². The minimum Gasteiger partial charge on any atom is -0.371 e. The van der Waals surface area contributed by atoms with E-state index in [2.05, 4.69) is 4.98 Å². The predicted molar refractivity (Wildman–Crippen MR) is 85.6 cm³/mol. The van der Waals surface area contributed by atoms with Gasteiger partial charge in [0.15, 0.2) is 0 Å². The Labute approximate surface area is 137 Å². The van der Waals surface area contributed by atoms with Gasteiger partial charge in [0, 0.05) is 25.0 Å². The fourth-order valence-corrected chi connectivity index (χ4v) is 3.96. The standard InChI is InChI=1S/C17H16N2O3S/c20-16-12-4-1-2-5-13(12)17(21)19(16)8-7-11-10-23-15(18-11)14-6-3-9-22-14/h1-2,4-5,10,14H,3,6-9H2/t14-/m0/s1. The van der Waals surface area contributed by atoms with Crippen molar-refractivity contribution in [3.8, 4) is 0 Å². The van der Waals surface area contributed by atoms with E-state index in [1.165, 1.54) is 4.90 Å². The van der Waals surface area contributed by atoms with Gasteiger partial charge in [-0.25, -0.2) is 4.98 Å². The molecule has 118 valence electrons. The third kappa shape index (κ3) is 2.58. The van der Waals surface area contributed by atoms with E-state index in [0.717, 1.165) is 30.2 Å². The number of imide groups is 1. The maximum atomic E-state index is 12.3. The number of hydrogen-bond acceptors (Lipinski definition) is 5. The smallest absolute Gasteiger partial charge is 0.261 e. The summed E-state index contributed by atoms with van der Waals surface area (Å²) in [6.45, 7) is 1.16. The van der Waals surface area contributed by atoms with Crippen LogP contribution in [-0.2, 0) is 11.2 Å². The average molecular weight is 328 g/mol. The van der Waals surface area contributed by atoms with Gasteiger partial charge in [0.1, 0.15) is 11.1 Å². The molecule has 2 aliphatic heterocycles. The zero-order chi connectivity index (χ0) is 15.8. The van der Waals surface area contributed by atoms with E-state index in [0.29, 0.717) is 24.1 Å². The third-order valence-electron chi connectivity index (χ3n) is 4.24. The van der Waals surface area contributed by atoms with Gasteiger partial charge in [-0.1, -0.05) is 12.1 Å². The van der Waals surface area contributed by atoms with Crippen molar-refractivity contribution in [2.45, 2.75) is 25.4 Å². The molecular weight excluding hydrogens is 312 g/mol. The molecule has 2 amide bonds. The second-order valence-electron chi connectivity index (χ2n) is 5.74. The predicted octanol–water partition coefficient (Wildman–Crippen LogP) is 2.83. The van der Waals surface area contributed by atoms with Gasteiger partial charge in [-0.2, -0.15) is 0 Å². The van der Waals surface area contributed by atoms with E-state index in [1.807, 2.05) is 5.38 Å². The highest BCUT2D eigenvalue weighted by Gasteiger charge is 2.34. The van der Waals surface area contributed by atoms with Gasteiger partial charge in [0.25, 0.3) is 11.8 Å². The molecule has 4 rings (SSSR count). The summed E-state index contributed by atoms with van der Waals surface area (Å²) in [6.07, 6.45) is 2.79. The lowest BCUT2D eigenvalue weighted by molar-refractivity contribution is 0.0655. The van der Waals surface area contributed by atoms with Gasteiger partial charge < -0.3 is 4.74 Å². The highest BCUT2D eigenvalue weighted by molar-refractivity contribution is 7.09. The van der Waals surface area contributed by atoms with Crippen LogP contribution in [0.3, 0.4) is 0 Å². The van der Waals surface area contributed by atoms with E-state index in [4.69, 9.17) is 4.74 Å². The summed E-state index contributed by atoms with van der Waals surface area (Å²) in [5.41, 5.74) is 1.91. The van der Waals surface area contributed by atoms with Crippen molar-refractivity contribution in [2.75, 3.05) is 13.2 Å². The molecule has 5 nitrogen and oxygen atoms in total. The van der Waals surface area contributed by atoms with E-state index < -0.39 is 0 Å². The molecule has 1 aromatic heterocycles. The summed E-state index contributed by atoms with van der Waals surface area (Å²) in [6, 6.07) is 6.96. The number of carbonyl (C=O) groups is 2. The molecular formula is C17H16N2O3S. The van der Waals surface area contributed by atoms with Gasteiger partial charge in [-0.3, -0.25) is 14.5 Å². The zero-order valence-corrected chi connectivity index (χ0v) is 13.3. The Balaban J connectivity index is 1.44. The lowest BCUT2D eigenvalue weighted by Gasteiger charge is -2.12. The Bertz CT molecular complexity index is 730. The molecule has 0 unspecified atom stereocenters. The minimum atomic E-state index is -0.208. The Morgan fingerprint density at radius 1 is 1.22 bits per heavy atom. The van der Waals surface area contributed by atoms with Gasteiger partial charge in [-0.05, 0) is 25.0 Å². The quantitative estimate of drug-likeness (QED) is 0.810. The van der Waals surface area contributed by atoms with Crippen LogP contribution >= 0.6 is 11.3 Å². The highest BCUT2D eigenvalue weighted by atomic mass is 32.1. The number of carbonyl (C=O) groups excluding carboxylic acids is 2. The largest absolute Gasteiger partial charge is 0.371 e. The minimum absolute atomic E-state index is 0.119. The number of fused-ring (bicyclic) bond motifs is 1. The molecule has 23 heavy (non-hydrogen) atoms. The lowest BCUT2D eigenvalue weighted by atomic mass is 10.1. The van der Waals surface area contributed by atoms with Crippen LogP contribution in [0.1, 0.15) is 50.4 Å². The summed E-state index contributed by atoms with van der Waals surface area (Å²) >= 11 is 1.59. The molecule has 1 fully saturated rings. The highest BCUT2D eigenvalue weighted by Crippen LogP contribution is 2.31. The van der Waals surface area contributed by atoms with Crippen LogP contribution in [0.15, 0.2) is 29.6 Å². The summed E-state index contributed by atoms with van der Waals surface area (Å²) in [5.74, 6) is -0.416. The summed E-state index contributed by atoms with van der Waals surface area (Å²) in [7, 11) is 0. The topological polar surface area (TPSA) is 59.5 Å². The number of amides is 2. The van der Waals surface area contributed by atoms with Crippen LogP contribution in [0.2, 0.25) is 0 Å². The number of thiazole rings is 1. The number of aromatic nitrogens is 1. The van der Waals surface area contributed by atoms with Gasteiger partial charge in [0.2, 0.25) is 0 Å². The van der Waals surface area contributed by atoms with Crippen molar-refractivity contribution in [3.63, 3.8) is 0 Å². The molecule has 0 aliphatic carbocycles. The zero-order valence-electron chi connectivity index (χ0n) is 12.5. The van der Waals surface area contributed by atoms with E-state index in [1.54, 1.807) is 35.6 Å². The molecule has 0 radical (unpaired) electrons. The Morgan fingerprint density at radius 2 is 1.96 bits per heavy atom. The maximum Gasteiger partial charge on any atom is 0.261 e. The average Bonchev–Trinajstić information content (AvgIpc) is 3.29. The molecule has 2 aliphatic rings. The van der Waals surface area contributed by atoms with E-state index in [-0.39, 0.29) is 17.9 Å². The van der Waals surface area contributed by atoms with Gasteiger partial charge in [-0.15, -0.1) is 11.3 Å². The van der Waals surface area contributed by atoms with Crippen molar-refractivity contribution in [3.05, 3.63) is 51.5 Å². The number of rotatable bonds is 4. The van der Waals surface area contributed by atoms with Gasteiger partial charge in [0.05, 0.1) is 16.8 Å². The van der Waals surface area contributed by atoms with Crippen molar-refractivity contribution in [2.24, 2.45) is 0 Å². The fraction of sp³-hybridized carbons (Fsp3) is 0.353. The molecule has 1 saturated heterocycles. The van der Waals surface area contributed by atoms with Crippen LogP contribution < -0.4 is 0 Å². The summed E-state index contributed by atoms with van der Waals surface area (Å²) < 4.78 is 5.64. The van der Waals surface area contributed by atoms with Crippen LogP contribution in [0.5, 0.6) is 0 Å². The Kier molecular flexibility index (Phi) is 3.71. The fourth-order valence-electron chi connectivity index (χ4n) is 3.03. The number of hydrogen-bond donors (Lipinski definition) is 0. The molecule has 0 saturated carbocycles. The molecule has 1 aromatic carbocycles. The first-order chi connectivity index (χ1) is 11.2. The second-order valence-corrected chi connectivity index (χ2v) is 6.63. The lowest BCUT2D eigenvalue weighted by Crippen LogP contribution is -2.31. The Morgan fingerprint density at radius 3 is 2.61 bits per heavy atom. The molecule has 0 spiro atoms. The maximum absolute atomic E-state index is 12.3. The van der Waals surface area contributed by atoms with E-state index in [9.17, 15) is 9.59 Å². The second kappa shape index (κ2) is 5.86. The van der Waals surface area contributed by atoms with Crippen LogP contribution in [0, 0.1) is 0 Å². The van der Waals surface area contributed by atoms with Gasteiger partial charge >= 0.3 is 0 Å². The first-order valence-electron chi connectivity index (χ1n) is 7.75. The molecule has 1 atom stereocenters. The van der Waals surface area contributed by atoms with Crippen LogP contribution in [0.4, 0.5) is 0 Å². The molecule has 0 bridgehead atoms. The van der Waals surface area contributed by atoms with Crippen LogP contribution in [0.25, 0.3) is 0 Å². The summed E-state index contributed by atoms with van der Waals surface area (Å²) in [5, 5.41) is 3.00. The van der Waals surface area contributed by atoms with Crippen molar-refractivity contribution in [1.82, 2.24) is 9.88 Å². The SMILES string of the molecule is O=C1c2ccccc2C(=O)N1CCc1csc([C@@H]2CCCO2)n1. The first-order valence-corrected chi connectivity index (χ1v) is 8.63. The van der Waals surface area contributed by atoms with Crippen molar-refractivity contribution in [1.29, 1.82) is 0 Å². The normalized spacial score (nSPS) is 20.3. The first kappa shape index (κ1) is 14.5. The molecule has 2 aromatic rings. The third-order valence-corrected chi connectivity index (χ3v) is 5.23. The van der Waals surface area contributed by atoms with Crippen LogP contribution in [-0.4, -0.2) is 34.8 Å². The number of benzene rings is 1. The number of ether oxygens (including phenoxy) is 1. The molecule has 0 N–H and O–H groups in total. The van der Waals surface area contributed by atoms with Crippen molar-refractivity contribution < 1.29 is 14.3 Å². The molecule has 3 heterocycles. The van der Waals surface area contributed by atoms with E-state index >= 15 is 0 Å². The molecule has 6 heteroatoms. The summed E-state index contributed by atoms with van der Waals surface area (Å²) in [4.78, 5) is 30.5.